The Balaban J connectivity index is 2.54. The minimum Gasteiger partial charge on any atom is -0.478 e. The number of hydrogen-bond acceptors (Lipinski definition) is 1. The summed E-state index contributed by atoms with van der Waals surface area (Å²) in [5, 5.41) is 12.2. The Morgan fingerprint density at radius 3 is 2.15 bits per heavy atom. The molecule has 0 fully saturated rings. The van der Waals surface area contributed by atoms with Crippen molar-refractivity contribution in [2.45, 2.75) is 34.6 Å². The highest BCUT2D eigenvalue weighted by molar-refractivity contribution is 6.06. The van der Waals surface area contributed by atoms with Crippen LogP contribution in [0, 0.1) is 20.8 Å². The number of fused-ring (bicyclic) bond motifs is 1. The van der Waals surface area contributed by atoms with Crippen molar-refractivity contribution in [1.82, 2.24) is 0 Å². The van der Waals surface area contributed by atoms with Crippen LogP contribution in [0.15, 0.2) is 48.5 Å². The van der Waals surface area contributed by atoms with Gasteiger partial charge in [0.15, 0.2) is 0 Å². The fourth-order valence-corrected chi connectivity index (χ4v) is 3.94. The topological polar surface area (TPSA) is 37.3 Å². The molecule has 26 heavy (non-hydrogen) atoms. The second-order valence-corrected chi connectivity index (χ2v) is 6.80. The average Bonchev–Trinajstić information content (AvgIpc) is 2.63. The average molecular weight is 344 g/mol. The molecule has 0 aliphatic rings. The molecule has 2 heteroatoms. The van der Waals surface area contributed by atoms with Gasteiger partial charge < -0.3 is 5.11 Å². The lowest BCUT2D eigenvalue weighted by Crippen LogP contribution is -2.09. The Hall–Kier alpha value is -2.87. The van der Waals surface area contributed by atoms with Crippen LogP contribution in [-0.4, -0.2) is 11.1 Å². The van der Waals surface area contributed by atoms with Crippen LogP contribution in [0.3, 0.4) is 0 Å². The first-order chi connectivity index (χ1) is 12.4. The Morgan fingerprint density at radius 1 is 0.885 bits per heavy atom. The van der Waals surface area contributed by atoms with Gasteiger partial charge in [-0.05, 0) is 78.8 Å². The standard InChI is InChI=1S/C24H24O2/c1-6-14(2)21-15(3)16(4)23(24(25)26)22(17(21)5)20-13-9-11-18-10-7-8-12-19(18)20/h6-13H,1-5H3,(H,25,26)/b14-6+. The maximum absolute atomic E-state index is 12.2. The van der Waals surface area contributed by atoms with Crippen molar-refractivity contribution in [3.63, 3.8) is 0 Å². The zero-order valence-corrected chi connectivity index (χ0v) is 16.0. The summed E-state index contributed by atoms with van der Waals surface area (Å²) in [4.78, 5) is 12.2. The molecule has 3 aromatic rings. The van der Waals surface area contributed by atoms with E-state index in [2.05, 4.69) is 31.2 Å². The Labute approximate surface area is 154 Å². The van der Waals surface area contributed by atoms with Crippen LogP contribution < -0.4 is 0 Å². The second kappa shape index (κ2) is 6.80. The number of rotatable bonds is 3. The molecule has 0 heterocycles. The minimum absolute atomic E-state index is 0.406. The van der Waals surface area contributed by atoms with E-state index in [0.29, 0.717) is 5.56 Å². The molecule has 0 saturated heterocycles. The monoisotopic (exact) mass is 344 g/mol. The highest BCUT2D eigenvalue weighted by Gasteiger charge is 2.24. The summed E-state index contributed by atoms with van der Waals surface area (Å²) < 4.78 is 0. The molecule has 0 unspecified atom stereocenters. The Kier molecular flexibility index (Phi) is 4.69. The molecule has 0 aromatic heterocycles. The van der Waals surface area contributed by atoms with E-state index in [1.165, 1.54) is 5.57 Å². The first kappa shape index (κ1) is 17.9. The van der Waals surface area contributed by atoms with E-state index in [1.807, 2.05) is 52.0 Å². The first-order valence-electron chi connectivity index (χ1n) is 8.87. The maximum atomic E-state index is 12.2. The molecule has 0 amide bonds. The van der Waals surface area contributed by atoms with E-state index in [9.17, 15) is 9.90 Å². The van der Waals surface area contributed by atoms with Gasteiger partial charge in [0, 0.05) is 5.56 Å². The lowest BCUT2D eigenvalue weighted by molar-refractivity contribution is 0.0696. The highest BCUT2D eigenvalue weighted by Crippen LogP contribution is 2.40. The van der Waals surface area contributed by atoms with Crippen molar-refractivity contribution in [3.05, 3.63) is 76.4 Å². The molecule has 3 aromatic carbocycles. The summed E-state index contributed by atoms with van der Waals surface area (Å²) in [6, 6.07) is 14.2. The smallest absolute Gasteiger partial charge is 0.336 e. The SMILES string of the molecule is C/C=C(\C)c1c(C)c(C)c(C(=O)O)c(-c2cccc3ccccc23)c1C. The van der Waals surface area contributed by atoms with E-state index in [1.54, 1.807) is 0 Å². The van der Waals surface area contributed by atoms with Crippen molar-refractivity contribution in [2.24, 2.45) is 0 Å². The summed E-state index contributed by atoms with van der Waals surface area (Å²) in [6.07, 6.45) is 2.09. The molecule has 0 aliphatic carbocycles. The Bertz CT molecular complexity index is 1050. The van der Waals surface area contributed by atoms with Gasteiger partial charge in [0.1, 0.15) is 0 Å². The van der Waals surface area contributed by atoms with Crippen LogP contribution in [0.5, 0.6) is 0 Å². The third-order valence-corrected chi connectivity index (χ3v) is 5.41. The molecular formula is C24H24O2. The number of carboxylic acids is 1. The van der Waals surface area contributed by atoms with Crippen molar-refractivity contribution in [2.75, 3.05) is 0 Å². The minimum atomic E-state index is -0.874. The Morgan fingerprint density at radius 2 is 1.50 bits per heavy atom. The van der Waals surface area contributed by atoms with Crippen LogP contribution in [0.4, 0.5) is 0 Å². The number of aromatic carboxylic acids is 1. The predicted octanol–water partition coefficient (Wildman–Crippen LogP) is 6.55. The quantitative estimate of drug-likeness (QED) is 0.584. The molecule has 0 aliphatic heterocycles. The van der Waals surface area contributed by atoms with Crippen molar-refractivity contribution < 1.29 is 9.90 Å². The molecule has 2 nitrogen and oxygen atoms in total. The van der Waals surface area contributed by atoms with Crippen LogP contribution in [0.2, 0.25) is 0 Å². The summed E-state index contributed by atoms with van der Waals surface area (Å²) >= 11 is 0. The van der Waals surface area contributed by atoms with E-state index < -0.39 is 5.97 Å². The third-order valence-electron chi connectivity index (χ3n) is 5.41. The fraction of sp³-hybridized carbons (Fsp3) is 0.208. The van der Waals surface area contributed by atoms with Gasteiger partial charge in [0.25, 0.3) is 0 Å². The number of hydrogen-bond donors (Lipinski definition) is 1. The van der Waals surface area contributed by atoms with Crippen molar-refractivity contribution in [3.8, 4) is 11.1 Å². The lowest BCUT2D eigenvalue weighted by Gasteiger charge is -2.22. The second-order valence-electron chi connectivity index (χ2n) is 6.80. The molecule has 0 atom stereocenters. The third kappa shape index (κ3) is 2.72. The molecule has 3 rings (SSSR count). The summed E-state index contributed by atoms with van der Waals surface area (Å²) in [5.74, 6) is -0.874. The van der Waals surface area contributed by atoms with E-state index in [-0.39, 0.29) is 0 Å². The molecule has 0 spiro atoms. The zero-order valence-electron chi connectivity index (χ0n) is 16.0. The summed E-state index contributed by atoms with van der Waals surface area (Å²) in [7, 11) is 0. The van der Waals surface area contributed by atoms with Crippen LogP contribution >= 0.6 is 0 Å². The van der Waals surface area contributed by atoms with Gasteiger partial charge in [-0.25, -0.2) is 4.79 Å². The molecular weight excluding hydrogens is 320 g/mol. The van der Waals surface area contributed by atoms with Gasteiger partial charge in [-0.2, -0.15) is 0 Å². The fourth-order valence-electron chi connectivity index (χ4n) is 3.94. The first-order valence-corrected chi connectivity index (χ1v) is 8.87. The predicted molar refractivity (Wildman–Crippen MR) is 110 cm³/mol. The van der Waals surface area contributed by atoms with Gasteiger partial charge in [-0.1, -0.05) is 48.5 Å². The highest BCUT2D eigenvalue weighted by atomic mass is 16.4. The van der Waals surface area contributed by atoms with E-state index >= 15 is 0 Å². The molecule has 132 valence electrons. The number of carboxylic acid groups (broad SMARTS) is 1. The van der Waals surface area contributed by atoms with Crippen molar-refractivity contribution >= 4 is 22.3 Å². The molecule has 0 radical (unpaired) electrons. The number of carbonyl (C=O) groups is 1. The maximum Gasteiger partial charge on any atom is 0.336 e. The number of allylic oxidation sites excluding steroid dienone is 2. The zero-order chi connectivity index (χ0) is 19.0. The van der Waals surface area contributed by atoms with Crippen LogP contribution in [-0.2, 0) is 0 Å². The largest absolute Gasteiger partial charge is 0.478 e. The summed E-state index contributed by atoms with van der Waals surface area (Å²) in [5.41, 5.74) is 7.43. The van der Waals surface area contributed by atoms with E-state index in [0.717, 1.165) is 44.2 Å². The van der Waals surface area contributed by atoms with Gasteiger partial charge in [-0.15, -0.1) is 0 Å². The van der Waals surface area contributed by atoms with Crippen LogP contribution in [0.25, 0.3) is 27.5 Å². The van der Waals surface area contributed by atoms with Gasteiger partial charge in [-0.3, -0.25) is 0 Å². The van der Waals surface area contributed by atoms with Gasteiger partial charge in [0.05, 0.1) is 5.56 Å². The van der Waals surface area contributed by atoms with Gasteiger partial charge in [0.2, 0.25) is 0 Å². The molecule has 0 bridgehead atoms. The molecule has 1 N–H and O–H groups in total. The van der Waals surface area contributed by atoms with E-state index in [4.69, 9.17) is 0 Å². The molecule has 0 saturated carbocycles. The number of benzene rings is 3. The normalized spacial score (nSPS) is 11.8. The van der Waals surface area contributed by atoms with Gasteiger partial charge >= 0.3 is 5.97 Å². The summed E-state index contributed by atoms with van der Waals surface area (Å²) in [6.45, 7) is 10.1. The van der Waals surface area contributed by atoms with Crippen molar-refractivity contribution in [1.29, 1.82) is 0 Å². The lowest BCUT2D eigenvalue weighted by atomic mass is 9.81. The van der Waals surface area contributed by atoms with Crippen LogP contribution in [0.1, 0.15) is 46.5 Å².